The van der Waals surface area contributed by atoms with Crippen LogP contribution in [0.4, 0.5) is 4.39 Å². The number of nitrogens with zero attached hydrogens (tertiary/aromatic N) is 1. The van der Waals surface area contributed by atoms with Crippen LogP contribution in [-0.4, -0.2) is 55.4 Å². The molecular weight excluding hydrogens is 448 g/mol. The maximum atomic E-state index is 13.1. The molecule has 1 atom stereocenters. The number of nitrogens with one attached hydrogen (secondary N) is 2. The number of rotatable bonds is 6. The summed E-state index contributed by atoms with van der Waals surface area (Å²) in [6, 6.07) is 10.3. The number of morpholine rings is 1. The molecule has 1 aliphatic heterocycles. The quantitative estimate of drug-likeness (QED) is 0.683. The summed E-state index contributed by atoms with van der Waals surface area (Å²) in [5.74, 6) is -1.68. The van der Waals surface area contributed by atoms with Gasteiger partial charge < -0.3 is 20.3 Å². The molecule has 0 aromatic heterocycles. The van der Waals surface area contributed by atoms with E-state index in [0.29, 0.717) is 24.7 Å². The lowest BCUT2D eigenvalue weighted by molar-refractivity contribution is -0.139. The molecule has 1 aliphatic rings. The maximum absolute atomic E-state index is 13.1. The second kappa shape index (κ2) is 10.6. The molecule has 3 rings (SSSR count). The second-order valence-corrected chi connectivity index (χ2v) is 7.68. The monoisotopic (exact) mass is 467 g/mol. The summed E-state index contributed by atoms with van der Waals surface area (Å²) in [6.07, 6.45) is -0.364. The van der Waals surface area contributed by atoms with Crippen LogP contribution in [0.3, 0.4) is 0 Å². The van der Waals surface area contributed by atoms with E-state index in [0.717, 1.165) is 5.56 Å². The molecule has 1 fully saturated rings. The highest BCUT2D eigenvalue weighted by atomic mass is 35.5. The second-order valence-electron chi connectivity index (χ2n) is 6.83. The number of halogens is 3. The molecular formula is C21H20Cl2FN3O4. The third kappa shape index (κ3) is 6.40. The lowest BCUT2D eigenvalue weighted by Crippen LogP contribution is -2.47. The van der Waals surface area contributed by atoms with Crippen LogP contribution in [0.5, 0.6) is 0 Å². The van der Waals surface area contributed by atoms with Gasteiger partial charge in [-0.15, -0.1) is 0 Å². The van der Waals surface area contributed by atoms with Crippen molar-refractivity contribution in [3.8, 4) is 0 Å². The third-order valence-electron chi connectivity index (χ3n) is 4.68. The Morgan fingerprint density at radius 3 is 2.52 bits per heavy atom. The van der Waals surface area contributed by atoms with Crippen LogP contribution < -0.4 is 10.6 Å². The predicted molar refractivity (Wildman–Crippen MR) is 113 cm³/mol. The van der Waals surface area contributed by atoms with Crippen molar-refractivity contribution in [2.45, 2.75) is 6.10 Å². The van der Waals surface area contributed by atoms with Crippen molar-refractivity contribution in [1.29, 1.82) is 0 Å². The molecule has 1 saturated heterocycles. The number of hydrogen-bond acceptors (Lipinski definition) is 4. The van der Waals surface area contributed by atoms with Crippen LogP contribution in [0.15, 0.2) is 42.5 Å². The van der Waals surface area contributed by atoms with Crippen LogP contribution in [-0.2, 0) is 14.3 Å². The average Bonchev–Trinajstić information content (AvgIpc) is 2.76. The Labute approximate surface area is 188 Å². The Balaban J connectivity index is 1.44. The first-order valence-corrected chi connectivity index (χ1v) is 10.2. The van der Waals surface area contributed by atoms with Gasteiger partial charge in [0, 0.05) is 11.6 Å². The highest BCUT2D eigenvalue weighted by Gasteiger charge is 2.25. The molecule has 10 heteroatoms. The first-order chi connectivity index (χ1) is 14.8. The molecule has 3 amide bonds. The third-order valence-corrected chi connectivity index (χ3v) is 5.23. The molecule has 0 bridgehead atoms. The lowest BCUT2D eigenvalue weighted by Gasteiger charge is -2.33. The van der Waals surface area contributed by atoms with Gasteiger partial charge in [0.1, 0.15) is 11.9 Å². The largest absolute Gasteiger partial charge is 0.370 e. The van der Waals surface area contributed by atoms with Crippen LogP contribution in [0, 0.1) is 5.82 Å². The first kappa shape index (κ1) is 23.0. The van der Waals surface area contributed by atoms with Crippen LogP contribution >= 0.6 is 23.2 Å². The molecule has 2 aromatic rings. The fourth-order valence-corrected chi connectivity index (χ4v) is 3.53. The van der Waals surface area contributed by atoms with Crippen molar-refractivity contribution in [3.63, 3.8) is 0 Å². The Bertz CT molecular complexity index is 972. The number of ether oxygens (including phenoxy) is 1. The van der Waals surface area contributed by atoms with Gasteiger partial charge in [-0.25, -0.2) is 4.39 Å². The van der Waals surface area contributed by atoms with Gasteiger partial charge >= 0.3 is 0 Å². The van der Waals surface area contributed by atoms with Gasteiger partial charge in [0.15, 0.2) is 0 Å². The topological polar surface area (TPSA) is 87.7 Å². The van der Waals surface area contributed by atoms with Gasteiger partial charge in [-0.05, 0) is 35.9 Å². The van der Waals surface area contributed by atoms with Crippen molar-refractivity contribution < 1.29 is 23.5 Å². The van der Waals surface area contributed by atoms with Crippen molar-refractivity contribution in [2.24, 2.45) is 0 Å². The van der Waals surface area contributed by atoms with Crippen molar-refractivity contribution in [2.75, 3.05) is 32.8 Å². The van der Waals surface area contributed by atoms with Crippen molar-refractivity contribution >= 4 is 40.9 Å². The van der Waals surface area contributed by atoms with Crippen molar-refractivity contribution in [3.05, 3.63) is 69.5 Å². The Hall–Kier alpha value is -2.68. The summed E-state index contributed by atoms with van der Waals surface area (Å²) < 4.78 is 18.8. The first-order valence-electron chi connectivity index (χ1n) is 9.48. The van der Waals surface area contributed by atoms with Gasteiger partial charge in [0.05, 0.1) is 36.8 Å². The molecule has 0 saturated carbocycles. The Morgan fingerprint density at radius 1 is 1.06 bits per heavy atom. The molecule has 0 spiro atoms. The molecule has 1 heterocycles. The van der Waals surface area contributed by atoms with E-state index in [1.54, 1.807) is 17.0 Å². The average molecular weight is 468 g/mol. The lowest BCUT2D eigenvalue weighted by atomic mass is 10.1. The molecule has 31 heavy (non-hydrogen) atoms. The number of carbonyl (C=O) groups is 3. The smallest absolute Gasteiger partial charge is 0.253 e. The minimum Gasteiger partial charge on any atom is -0.370 e. The van der Waals surface area contributed by atoms with Gasteiger partial charge in [0.2, 0.25) is 11.8 Å². The van der Waals surface area contributed by atoms with Crippen molar-refractivity contribution in [1.82, 2.24) is 15.5 Å². The van der Waals surface area contributed by atoms with Crippen LogP contribution in [0.1, 0.15) is 22.0 Å². The van der Waals surface area contributed by atoms with Gasteiger partial charge in [-0.2, -0.15) is 0 Å². The summed E-state index contributed by atoms with van der Waals surface area (Å²) >= 11 is 11.8. The minimum absolute atomic E-state index is 0.170. The van der Waals surface area contributed by atoms with Gasteiger partial charge in [-0.3, -0.25) is 14.4 Å². The van der Waals surface area contributed by atoms with Gasteiger partial charge in [-0.1, -0.05) is 35.3 Å². The fourth-order valence-electron chi connectivity index (χ4n) is 3.03. The van der Waals surface area contributed by atoms with Gasteiger partial charge in [0.25, 0.3) is 5.91 Å². The normalized spacial score (nSPS) is 16.0. The standard InChI is InChI=1S/C21H20Cl2FN3O4/c22-14-3-6-16(17(23)9-14)21(30)26-10-19(28)25-11-20(29)27-7-8-31-18(12-27)13-1-4-15(24)5-2-13/h1-6,9,18H,7-8,10-12H2,(H,25,28)(H,26,30). The van der Waals surface area contributed by atoms with E-state index in [4.69, 9.17) is 27.9 Å². The zero-order chi connectivity index (χ0) is 22.4. The number of amides is 3. The van der Waals surface area contributed by atoms with E-state index in [2.05, 4.69) is 10.6 Å². The molecule has 2 N–H and O–H groups in total. The molecule has 2 aromatic carbocycles. The summed E-state index contributed by atoms with van der Waals surface area (Å²) in [6.45, 7) is 0.489. The molecule has 1 unspecified atom stereocenters. The zero-order valence-electron chi connectivity index (χ0n) is 16.4. The van der Waals surface area contributed by atoms with E-state index >= 15 is 0 Å². The molecule has 0 aliphatic carbocycles. The highest BCUT2D eigenvalue weighted by molar-refractivity contribution is 6.36. The fraction of sp³-hybridized carbons (Fsp3) is 0.286. The zero-order valence-corrected chi connectivity index (χ0v) is 17.9. The number of benzene rings is 2. The van der Waals surface area contributed by atoms with Crippen LogP contribution in [0.2, 0.25) is 10.0 Å². The van der Waals surface area contributed by atoms with E-state index in [-0.39, 0.29) is 41.5 Å². The maximum Gasteiger partial charge on any atom is 0.253 e. The SMILES string of the molecule is O=C(CNC(=O)c1ccc(Cl)cc1Cl)NCC(=O)N1CCOC(c2ccc(F)cc2)C1. The molecule has 7 nitrogen and oxygen atoms in total. The van der Waals surface area contributed by atoms with E-state index in [9.17, 15) is 18.8 Å². The highest BCUT2D eigenvalue weighted by Crippen LogP contribution is 2.22. The Morgan fingerprint density at radius 2 is 1.81 bits per heavy atom. The number of hydrogen-bond donors (Lipinski definition) is 2. The number of carbonyl (C=O) groups excluding carboxylic acids is 3. The molecule has 164 valence electrons. The van der Waals surface area contributed by atoms with E-state index < -0.39 is 11.8 Å². The summed E-state index contributed by atoms with van der Waals surface area (Å²) in [4.78, 5) is 38.2. The summed E-state index contributed by atoms with van der Waals surface area (Å²) in [5, 5.41) is 5.49. The Kier molecular flexibility index (Phi) is 7.84. The summed E-state index contributed by atoms with van der Waals surface area (Å²) in [7, 11) is 0. The van der Waals surface area contributed by atoms with E-state index in [1.807, 2.05) is 0 Å². The van der Waals surface area contributed by atoms with E-state index in [1.165, 1.54) is 30.3 Å². The van der Waals surface area contributed by atoms with Crippen LogP contribution in [0.25, 0.3) is 0 Å². The predicted octanol–water partition coefficient (Wildman–Crippen LogP) is 2.58. The molecule has 0 radical (unpaired) electrons. The summed E-state index contributed by atoms with van der Waals surface area (Å²) in [5.41, 5.74) is 0.960. The minimum atomic E-state index is -0.529.